The predicted molar refractivity (Wildman–Crippen MR) is 29.6 cm³/mol. The smallest absolute Gasteiger partial charge is 0.0444 e. The fourth-order valence-corrected chi connectivity index (χ4v) is 0.262. The number of thiol groups is 1. The van der Waals surface area contributed by atoms with Gasteiger partial charge in [-0.1, -0.05) is 0 Å². The standard InChI is InChI=1S/C4H9OS/c1-4(6)2-3-5/h5-6H,2-3H2,1H3. The Morgan fingerprint density at radius 2 is 2.33 bits per heavy atom. The summed E-state index contributed by atoms with van der Waals surface area (Å²) >= 11 is 3.93. The number of rotatable bonds is 2. The van der Waals surface area contributed by atoms with Crippen LogP contribution in [0.25, 0.3) is 0 Å². The highest BCUT2D eigenvalue weighted by Gasteiger charge is 1.88. The van der Waals surface area contributed by atoms with Gasteiger partial charge in [0.2, 0.25) is 0 Å². The fraction of sp³-hybridized carbons (Fsp3) is 0.750. The Kier molecular flexibility index (Phi) is 3.68. The average Bonchev–Trinajstić information content (AvgIpc) is 1.35. The first-order chi connectivity index (χ1) is 2.77. The van der Waals surface area contributed by atoms with Crippen molar-refractivity contribution in [3.63, 3.8) is 0 Å². The molecular weight excluding hydrogens is 96.1 g/mol. The highest BCUT2D eigenvalue weighted by Crippen LogP contribution is 2.05. The number of hydrogen-bond acceptors (Lipinski definition) is 2. The summed E-state index contributed by atoms with van der Waals surface area (Å²) in [5, 5.41) is 9.15. The summed E-state index contributed by atoms with van der Waals surface area (Å²) < 4.78 is 0. The van der Waals surface area contributed by atoms with Crippen LogP contribution in [-0.2, 0) is 0 Å². The van der Waals surface area contributed by atoms with E-state index in [1.807, 2.05) is 6.92 Å². The molecule has 6 heavy (non-hydrogen) atoms. The summed E-state index contributed by atoms with van der Waals surface area (Å²) in [5.74, 6) is 0. The lowest BCUT2D eigenvalue weighted by molar-refractivity contribution is 0.297. The van der Waals surface area contributed by atoms with E-state index in [-0.39, 0.29) is 6.61 Å². The first-order valence-electron chi connectivity index (χ1n) is 1.89. The van der Waals surface area contributed by atoms with E-state index >= 15 is 0 Å². The molecule has 0 saturated heterocycles. The normalized spacial score (nSPS) is 10.0. The van der Waals surface area contributed by atoms with E-state index in [4.69, 9.17) is 5.11 Å². The van der Waals surface area contributed by atoms with E-state index in [0.29, 0.717) is 6.42 Å². The van der Waals surface area contributed by atoms with Gasteiger partial charge in [0.1, 0.15) is 0 Å². The van der Waals surface area contributed by atoms with Crippen molar-refractivity contribution in [2.45, 2.75) is 13.3 Å². The van der Waals surface area contributed by atoms with Gasteiger partial charge in [0, 0.05) is 11.9 Å². The monoisotopic (exact) mass is 105 g/mol. The van der Waals surface area contributed by atoms with Crippen molar-refractivity contribution < 1.29 is 5.11 Å². The van der Waals surface area contributed by atoms with E-state index < -0.39 is 0 Å². The molecule has 1 nitrogen and oxygen atoms in total. The van der Waals surface area contributed by atoms with Crippen LogP contribution < -0.4 is 0 Å². The molecule has 0 saturated carbocycles. The summed E-state index contributed by atoms with van der Waals surface area (Å²) in [6.07, 6.45) is 0.711. The van der Waals surface area contributed by atoms with Crippen LogP contribution in [-0.4, -0.2) is 11.7 Å². The van der Waals surface area contributed by atoms with E-state index in [2.05, 4.69) is 12.6 Å². The van der Waals surface area contributed by atoms with Crippen molar-refractivity contribution in [3.05, 3.63) is 5.25 Å². The molecule has 0 fully saturated rings. The minimum atomic E-state index is 0.218. The van der Waals surface area contributed by atoms with Crippen LogP contribution in [0.4, 0.5) is 0 Å². The Morgan fingerprint density at radius 1 is 1.83 bits per heavy atom. The van der Waals surface area contributed by atoms with Gasteiger partial charge in [0.25, 0.3) is 0 Å². The third kappa shape index (κ3) is 4.31. The third-order valence-corrected chi connectivity index (χ3v) is 0.697. The molecule has 0 heterocycles. The molecule has 37 valence electrons. The van der Waals surface area contributed by atoms with Gasteiger partial charge in [-0.2, -0.15) is 12.6 Å². The van der Waals surface area contributed by atoms with Gasteiger partial charge in [-0.15, -0.1) is 0 Å². The Bertz CT molecular complexity index is 28.7. The van der Waals surface area contributed by atoms with Crippen LogP contribution in [0.2, 0.25) is 0 Å². The quantitative estimate of drug-likeness (QED) is 0.499. The molecule has 1 N–H and O–H groups in total. The van der Waals surface area contributed by atoms with Crippen LogP contribution in [0.15, 0.2) is 0 Å². The molecular formula is C4H9OS. The lowest BCUT2D eigenvalue weighted by Crippen LogP contribution is -1.84. The number of hydrogen-bond donors (Lipinski definition) is 2. The third-order valence-electron chi connectivity index (χ3n) is 0.474. The SMILES string of the molecule is C[C](S)CCO. The molecule has 0 atom stereocenters. The Morgan fingerprint density at radius 3 is 2.33 bits per heavy atom. The minimum Gasteiger partial charge on any atom is -0.396 e. The molecule has 0 aromatic carbocycles. The van der Waals surface area contributed by atoms with Gasteiger partial charge >= 0.3 is 0 Å². The van der Waals surface area contributed by atoms with Gasteiger partial charge in [-0.25, -0.2) is 0 Å². The lowest BCUT2D eigenvalue weighted by atomic mass is 10.4. The largest absolute Gasteiger partial charge is 0.396 e. The molecule has 0 unspecified atom stereocenters. The second-order valence-corrected chi connectivity index (χ2v) is 1.97. The second-order valence-electron chi connectivity index (χ2n) is 1.21. The summed E-state index contributed by atoms with van der Waals surface area (Å²) in [6, 6.07) is 0. The predicted octanol–water partition coefficient (Wildman–Crippen LogP) is 0.850. The molecule has 0 bridgehead atoms. The molecule has 0 aliphatic heterocycles. The number of aliphatic hydroxyl groups is 1. The second kappa shape index (κ2) is 3.50. The molecule has 0 aromatic rings. The molecule has 0 spiro atoms. The first kappa shape index (κ1) is 6.31. The minimum absolute atomic E-state index is 0.218. The molecule has 0 aliphatic rings. The molecule has 2 heteroatoms. The summed E-state index contributed by atoms with van der Waals surface area (Å²) in [7, 11) is 0. The average molecular weight is 105 g/mol. The van der Waals surface area contributed by atoms with Crippen molar-refractivity contribution in [2.75, 3.05) is 6.61 Å². The maximum Gasteiger partial charge on any atom is 0.0444 e. The maximum absolute atomic E-state index is 8.17. The van der Waals surface area contributed by atoms with E-state index in [1.54, 1.807) is 0 Å². The first-order valence-corrected chi connectivity index (χ1v) is 2.34. The zero-order valence-corrected chi connectivity index (χ0v) is 4.70. The molecule has 0 rings (SSSR count). The van der Waals surface area contributed by atoms with Crippen molar-refractivity contribution in [2.24, 2.45) is 0 Å². The highest BCUT2D eigenvalue weighted by molar-refractivity contribution is 7.83. The van der Waals surface area contributed by atoms with Crippen molar-refractivity contribution in [1.82, 2.24) is 0 Å². The van der Waals surface area contributed by atoms with Crippen LogP contribution in [0.1, 0.15) is 13.3 Å². The van der Waals surface area contributed by atoms with E-state index in [1.165, 1.54) is 0 Å². The van der Waals surface area contributed by atoms with Gasteiger partial charge < -0.3 is 5.11 Å². The summed E-state index contributed by atoms with van der Waals surface area (Å²) in [5.41, 5.74) is 0. The van der Waals surface area contributed by atoms with Crippen molar-refractivity contribution in [1.29, 1.82) is 0 Å². The Balaban J connectivity index is 2.63. The Labute approximate surface area is 43.8 Å². The molecule has 0 amide bonds. The molecule has 0 aliphatic carbocycles. The Hall–Kier alpha value is 0.310. The topological polar surface area (TPSA) is 20.2 Å². The van der Waals surface area contributed by atoms with Crippen LogP contribution >= 0.6 is 12.6 Å². The van der Waals surface area contributed by atoms with Gasteiger partial charge in [0.15, 0.2) is 0 Å². The van der Waals surface area contributed by atoms with Crippen LogP contribution in [0.5, 0.6) is 0 Å². The highest BCUT2D eigenvalue weighted by atomic mass is 32.1. The van der Waals surface area contributed by atoms with Crippen molar-refractivity contribution in [3.8, 4) is 0 Å². The summed E-state index contributed by atoms with van der Waals surface area (Å²) in [4.78, 5) is 0. The fourth-order valence-electron chi connectivity index (χ4n) is 0.162. The summed E-state index contributed by atoms with van der Waals surface area (Å²) in [6.45, 7) is 2.09. The molecule has 0 aromatic heterocycles. The zero-order chi connectivity index (χ0) is 4.99. The van der Waals surface area contributed by atoms with Gasteiger partial charge in [0.05, 0.1) is 0 Å². The van der Waals surface area contributed by atoms with E-state index in [0.717, 1.165) is 5.25 Å². The van der Waals surface area contributed by atoms with Crippen LogP contribution in [0.3, 0.4) is 0 Å². The van der Waals surface area contributed by atoms with E-state index in [9.17, 15) is 0 Å². The van der Waals surface area contributed by atoms with Crippen LogP contribution in [0, 0.1) is 5.25 Å². The maximum atomic E-state index is 8.17. The number of aliphatic hydroxyl groups excluding tert-OH is 1. The lowest BCUT2D eigenvalue weighted by Gasteiger charge is -1.93. The van der Waals surface area contributed by atoms with Gasteiger partial charge in [-0.05, 0) is 13.3 Å². The van der Waals surface area contributed by atoms with Crippen molar-refractivity contribution >= 4 is 12.6 Å². The molecule has 1 radical (unpaired) electrons. The zero-order valence-electron chi connectivity index (χ0n) is 3.81. The van der Waals surface area contributed by atoms with Gasteiger partial charge in [-0.3, -0.25) is 0 Å².